The minimum atomic E-state index is -3.87. The van der Waals surface area contributed by atoms with Crippen LogP contribution in [0.1, 0.15) is 19.3 Å². The Labute approximate surface area is 135 Å². The van der Waals surface area contributed by atoms with Crippen LogP contribution in [0.5, 0.6) is 5.75 Å². The lowest BCUT2D eigenvalue weighted by Gasteiger charge is -2.26. The van der Waals surface area contributed by atoms with Crippen molar-refractivity contribution in [2.45, 2.75) is 24.2 Å². The van der Waals surface area contributed by atoms with E-state index in [1.54, 1.807) is 0 Å². The molecule has 1 heterocycles. The number of hydrogen-bond donors (Lipinski definition) is 1. The minimum absolute atomic E-state index is 0.0843. The third-order valence-corrected chi connectivity index (χ3v) is 5.30. The molecule has 1 N–H and O–H groups in total. The second kappa shape index (κ2) is 7.71. The molecule has 0 unspecified atom stereocenters. The van der Waals surface area contributed by atoms with Crippen LogP contribution < -0.4 is 9.46 Å². The van der Waals surface area contributed by atoms with E-state index < -0.39 is 14.9 Å². The highest BCUT2D eigenvalue weighted by Crippen LogP contribution is 2.27. The molecule has 0 aliphatic carbocycles. The summed E-state index contributed by atoms with van der Waals surface area (Å²) in [6.45, 7) is 2.83. The summed E-state index contributed by atoms with van der Waals surface area (Å²) in [4.78, 5) is 12.2. The number of nitro groups is 1. The molecule has 2 rings (SSSR count). The lowest BCUT2D eigenvalue weighted by molar-refractivity contribution is -0.385. The third-order valence-electron chi connectivity index (χ3n) is 3.82. The number of likely N-dealkylation sites (tertiary alicyclic amines) is 1. The fourth-order valence-electron chi connectivity index (χ4n) is 2.59. The fraction of sp³-hybridized carbons (Fsp3) is 0.571. The first-order valence-electron chi connectivity index (χ1n) is 7.48. The number of ether oxygens (including phenoxy) is 1. The average molecular weight is 343 g/mol. The fourth-order valence-corrected chi connectivity index (χ4v) is 3.80. The van der Waals surface area contributed by atoms with Crippen LogP contribution in [0.15, 0.2) is 23.1 Å². The lowest BCUT2D eigenvalue weighted by atomic mass is 10.1. The molecule has 0 bridgehead atoms. The number of nitrogens with one attached hydrogen (secondary N) is 1. The van der Waals surface area contributed by atoms with Crippen LogP contribution in [0.4, 0.5) is 5.69 Å². The summed E-state index contributed by atoms with van der Waals surface area (Å²) in [6, 6.07) is 3.52. The summed E-state index contributed by atoms with van der Waals surface area (Å²) in [5.74, 6) is 0.0843. The van der Waals surface area contributed by atoms with Crippen molar-refractivity contribution < 1.29 is 18.1 Å². The monoisotopic (exact) mass is 343 g/mol. The van der Waals surface area contributed by atoms with Gasteiger partial charge in [-0.1, -0.05) is 6.42 Å². The molecule has 0 radical (unpaired) electrons. The molecular formula is C14H21N3O5S. The van der Waals surface area contributed by atoms with Crippen LogP contribution in [0.2, 0.25) is 0 Å². The van der Waals surface area contributed by atoms with Gasteiger partial charge < -0.3 is 9.64 Å². The Kier molecular flexibility index (Phi) is 5.91. The van der Waals surface area contributed by atoms with Crippen LogP contribution in [-0.4, -0.2) is 51.5 Å². The third kappa shape index (κ3) is 4.63. The van der Waals surface area contributed by atoms with Gasteiger partial charge >= 0.3 is 0 Å². The van der Waals surface area contributed by atoms with Crippen molar-refractivity contribution in [1.29, 1.82) is 0 Å². The molecular weight excluding hydrogens is 322 g/mol. The van der Waals surface area contributed by atoms with Gasteiger partial charge in [-0.3, -0.25) is 10.1 Å². The Morgan fingerprint density at radius 2 is 2.00 bits per heavy atom. The van der Waals surface area contributed by atoms with Crippen molar-refractivity contribution in [3.8, 4) is 5.75 Å². The van der Waals surface area contributed by atoms with E-state index in [1.807, 2.05) is 0 Å². The first-order valence-corrected chi connectivity index (χ1v) is 8.97. The van der Waals surface area contributed by atoms with Gasteiger partial charge in [-0.25, -0.2) is 13.1 Å². The second-order valence-corrected chi connectivity index (χ2v) is 7.13. The van der Waals surface area contributed by atoms with Crippen LogP contribution in [0, 0.1) is 10.1 Å². The molecule has 9 heteroatoms. The van der Waals surface area contributed by atoms with Crippen molar-refractivity contribution in [1.82, 2.24) is 9.62 Å². The summed E-state index contributed by atoms with van der Waals surface area (Å²) < 4.78 is 32.3. The van der Waals surface area contributed by atoms with E-state index in [1.165, 1.54) is 25.7 Å². The van der Waals surface area contributed by atoms with Gasteiger partial charge in [-0.2, -0.15) is 0 Å². The van der Waals surface area contributed by atoms with Gasteiger partial charge in [-0.05, 0) is 32.0 Å². The molecule has 8 nitrogen and oxygen atoms in total. The van der Waals surface area contributed by atoms with Gasteiger partial charge in [0.15, 0.2) is 0 Å². The maximum absolute atomic E-state index is 12.4. The number of rotatable bonds is 7. The molecule has 0 aromatic heterocycles. The van der Waals surface area contributed by atoms with Crippen molar-refractivity contribution in [2.75, 3.05) is 33.3 Å². The van der Waals surface area contributed by atoms with Gasteiger partial charge in [0, 0.05) is 25.2 Å². The predicted octanol–water partition coefficient (Wildman–Crippen LogP) is 1.37. The Morgan fingerprint density at radius 1 is 1.30 bits per heavy atom. The lowest BCUT2D eigenvalue weighted by Crippen LogP contribution is -2.37. The van der Waals surface area contributed by atoms with Crippen molar-refractivity contribution in [3.63, 3.8) is 0 Å². The van der Waals surface area contributed by atoms with Gasteiger partial charge in [-0.15, -0.1) is 0 Å². The van der Waals surface area contributed by atoms with E-state index >= 15 is 0 Å². The summed E-state index contributed by atoms with van der Waals surface area (Å²) >= 11 is 0. The van der Waals surface area contributed by atoms with E-state index in [0.717, 1.165) is 32.0 Å². The molecule has 1 aliphatic heterocycles. The molecule has 1 fully saturated rings. The summed E-state index contributed by atoms with van der Waals surface area (Å²) in [7, 11) is -2.54. The highest BCUT2D eigenvalue weighted by molar-refractivity contribution is 7.89. The molecule has 128 valence electrons. The molecule has 1 aromatic carbocycles. The molecule has 0 spiro atoms. The zero-order valence-corrected chi connectivity index (χ0v) is 13.8. The predicted molar refractivity (Wildman–Crippen MR) is 85.1 cm³/mol. The number of benzene rings is 1. The Balaban J connectivity index is 2.08. The summed E-state index contributed by atoms with van der Waals surface area (Å²) in [6.07, 6.45) is 3.48. The molecule has 0 saturated carbocycles. The second-order valence-electron chi connectivity index (χ2n) is 5.39. The molecule has 1 aromatic rings. The number of sulfonamides is 1. The Morgan fingerprint density at radius 3 is 2.61 bits per heavy atom. The number of piperidine rings is 1. The SMILES string of the molecule is COc1ccc([N+](=O)[O-])cc1S(=O)(=O)NCCN1CCCCC1. The summed E-state index contributed by atoms with van der Waals surface area (Å²) in [5, 5.41) is 10.8. The maximum Gasteiger partial charge on any atom is 0.271 e. The van der Waals surface area contributed by atoms with Gasteiger partial charge in [0.2, 0.25) is 10.0 Å². The highest BCUT2D eigenvalue weighted by atomic mass is 32.2. The quantitative estimate of drug-likeness (QED) is 0.592. The van der Waals surface area contributed by atoms with Crippen LogP contribution in [0.3, 0.4) is 0 Å². The smallest absolute Gasteiger partial charge is 0.271 e. The van der Waals surface area contributed by atoms with Crippen LogP contribution >= 0.6 is 0 Å². The van der Waals surface area contributed by atoms with Crippen molar-refractivity contribution >= 4 is 15.7 Å². The zero-order valence-electron chi connectivity index (χ0n) is 13.0. The largest absolute Gasteiger partial charge is 0.495 e. The standard InChI is InChI=1S/C14H21N3O5S/c1-22-13-6-5-12(17(18)19)11-14(13)23(20,21)15-7-10-16-8-3-2-4-9-16/h5-6,11,15H,2-4,7-10H2,1H3. The molecule has 0 amide bonds. The highest BCUT2D eigenvalue weighted by Gasteiger charge is 2.23. The van der Waals surface area contributed by atoms with Gasteiger partial charge in [0.05, 0.1) is 12.0 Å². The normalized spacial score (nSPS) is 16.2. The van der Waals surface area contributed by atoms with Crippen LogP contribution in [-0.2, 0) is 10.0 Å². The first-order chi connectivity index (χ1) is 10.9. The molecule has 1 aliphatic rings. The zero-order chi connectivity index (χ0) is 16.9. The number of non-ortho nitro benzene ring substituents is 1. The maximum atomic E-state index is 12.4. The van der Waals surface area contributed by atoms with E-state index in [0.29, 0.717) is 6.54 Å². The first kappa shape index (κ1) is 17.6. The van der Waals surface area contributed by atoms with E-state index in [-0.39, 0.29) is 22.9 Å². The van der Waals surface area contributed by atoms with E-state index in [9.17, 15) is 18.5 Å². The number of methoxy groups -OCH3 is 1. The molecule has 1 saturated heterocycles. The number of hydrogen-bond acceptors (Lipinski definition) is 6. The molecule has 23 heavy (non-hydrogen) atoms. The van der Waals surface area contributed by atoms with Gasteiger partial charge in [0.25, 0.3) is 5.69 Å². The average Bonchev–Trinajstić information content (AvgIpc) is 2.55. The minimum Gasteiger partial charge on any atom is -0.495 e. The number of nitrogens with zero attached hydrogens (tertiary/aromatic N) is 2. The van der Waals surface area contributed by atoms with Gasteiger partial charge in [0.1, 0.15) is 10.6 Å². The Hall–Kier alpha value is -1.71. The topological polar surface area (TPSA) is 102 Å². The van der Waals surface area contributed by atoms with E-state index in [4.69, 9.17) is 4.74 Å². The van der Waals surface area contributed by atoms with Crippen LogP contribution in [0.25, 0.3) is 0 Å². The van der Waals surface area contributed by atoms with Crippen molar-refractivity contribution in [3.05, 3.63) is 28.3 Å². The molecule has 0 atom stereocenters. The Bertz CT molecular complexity index is 656. The van der Waals surface area contributed by atoms with E-state index in [2.05, 4.69) is 9.62 Å². The van der Waals surface area contributed by atoms with Crippen molar-refractivity contribution in [2.24, 2.45) is 0 Å². The summed E-state index contributed by atoms with van der Waals surface area (Å²) in [5.41, 5.74) is -0.290. The number of nitro benzene ring substituents is 1.